The number of nitrogens with zero attached hydrogens (tertiary/aromatic N) is 5. The topological polar surface area (TPSA) is 60.0 Å². The van der Waals surface area contributed by atoms with Crippen molar-refractivity contribution in [3.63, 3.8) is 0 Å². The standard InChI is InChI=1S/C16H19N5OS/c1-20(12-8-17-21(2)9-12)10-15-18-19-16(22-15)14-7-11-5-3-4-6-13(11)23-14/h7-9H,3-6,10H2,1-2H3. The van der Waals surface area contributed by atoms with Crippen LogP contribution >= 0.6 is 11.3 Å². The minimum Gasteiger partial charge on any atom is -0.418 e. The normalized spacial score (nSPS) is 14.0. The Morgan fingerprint density at radius 1 is 1.30 bits per heavy atom. The molecule has 0 radical (unpaired) electrons. The molecule has 0 aliphatic heterocycles. The molecule has 1 aliphatic rings. The summed E-state index contributed by atoms with van der Waals surface area (Å²) in [5.41, 5.74) is 2.49. The van der Waals surface area contributed by atoms with E-state index in [2.05, 4.69) is 21.4 Å². The van der Waals surface area contributed by atoms with Crippen molar-refractivity contribution < 1.29 is 4.42 Å². The maximum atomic E-state index is 5.87. The van der Waals surface area contributed by atoms with Crippen molar-refractivity contribution in [2.75, 3.05) is 11.9 Å². The molecule has 3 heterocycles. The highest BCUT2D eigenvalue weighted by molar-refractivity contribution is 7.15. The fourth-order valence-corrected chi connectivity index (χ4v) is 4.09. The van der Waals surface area contributed by atoms with Gasteiger partial charge in [-0.05, 0) is 37.3 Å². The van der Waals surface area contributed by atoms with Crippen molar-refractivity contribution in [2.24, 2.45) is 7.05 Å². The zero-order valence-electron chi connectivity index (χ0n) is 13.3. The summed E-state index contributed by atoms with van der Waals surface area (Å²) in [7, 11) is 3.89. The van der Waals surface area contributed by atoms with Gasteiger partial charge in [-0.2, -0.15) is 5.10 Å². The second kappa shape index (κ2) is 5.81. The van der Waals surface area contributed by atoms with E-state index in [4.69, 9.17) is 4.42 Å². The number of aryl methyl sites for hydroxylation is 3. The molecule has 23 heavy (non-hydrogen) atoms. The van der Waals surface area contributed by atoms with Crippen LogP contribution in [0, 0.1) is 0 Å². The molecule has 0 unspecified atom stereocenters. The van der Waals surface area contributed by atoms with Crippen molar-refractivity contribution in [1.29, 1.82) is 0 Å². The zero-order chi connectivity index (χ0) is 15.8. The van der Waals surface area contributed by atoms with Crippen LogP contribution in [0.1, 0.15) is 29.2 Å². The van der Waals surface area contributed by atoms with Crippen molar-refractivity contribution in [2.45, 2.75) is 32.2 Å². The first-order valence-corrected chi connectivity index (χ1v) is 8.65. The van der Waals surface area contributed by atoms with Crippen molar-refractivity contribution >= 4 is 17.0 Å². The molecule has 0 atom stereocenters. The Kier molecular flexibility index (Phi) is 3.65. The van der Waals surface area contributed by atoms with E-state index in [-0.39, 0.29) is 0 Å². The number of fused-ring (bicyclic) bond motifs is 1. The number of hydrogen-bond acceptors (Lipinski definition) is 6. The van der Waals surface area contributed by atoms with Gasteiger partial charge in [-0.1, -0.05) is 0 Å². The monoisotopic (exact) mass is 329 g/mol. The van der Waals surface area contributed by atoms with Gasteiger partial charge in [0.25, 0.3) is 5.89 Å². The SMILES string of the molecule is CN(Cc1nnc(-c2cc3c(s2)CCCC3)o1)c1cnn(C)c1. The van der Waals surface area contributed by atoms with E-state index < -0.39 is 0 Å². The molecular formula is C16H19N5OS. The summed E-state index contributed by atoms with van der Waals surface area (Å²) >= 11 is 1.80. The first-order chi connectivity index (χ1) is 11.2. The summed E-state index contributed by atoms with van der Waals surface area (Å²) < 4.78 is 7.64. The first-order valence-electron chi connectivity index (χ1n) is 7.83. The number of rotatable bonds is 4. The lowest BCUT2D eigenvalue weighted by molar-refractivity contribution is 0.504. The van der Waals surface area contributed by atoms with E-state index in [0.717, 1.165) is 10.6 Å². The van der Waals surface area contributed by atoms with Crippen LogP contribution in [0.4, 0.5) is 5.69 Å². The molecule has 0 saturated carbocycles. The van der Waals surface area contributed by atoms with Gasteiger partial charge >= 0.3 is 0 Å². The molecule has 0 fully saturated rings. The molecule has 120 valence electrons. The van der Waals surface area contributed by atoms with Gasteiger partial charge in [0, 0.05) is 25.2 Å². The predicted molar refractivity (Wildman–Crippen MR) is 89.6 cm³/mol. The molecule has 0 aromatic carbocycles. The lowest BCUT2D eigenvalue weighted by Crippen LogP contribution is -2.15. The molecule has 6 nitrogen and oxygen atoms in total. The van der Waals surface area contributed by atoms with Crippen LogP contribution in [0.5, 0.6) is 0 Å². The van der Waals surface area contributed by atoms with Crippen molar-refractivity contribution in [1.82, 2.24) is 20.0 Å². The average Bonchev–Trinajstić information content (AvgIpc) is 3.25. The Bertz CT molecular complexity index is 795. The second-order valence-corrected chi connectivity index (χ2v) is 7.13. The summed E-state index contributed by atoms with van der Waals surface area (Å²) in [6.45, 7) is 0.573. The highest BCUT2D eigenvalue weighted by Crippen LogP contribution is 2.35. The van der Waals surface area contributed by atoms with Gasteiger partial charge in [-0.15, -0.1) is 21.5 Å². The molecular weight excluding hydrogens is 310 g/mol. The Labute approximate surface area is 138 Å². The number of thiophene rings is 1. The highest BCUT2D eigenvalue weighted by Gasteiger charge is 2.18. The summed E-state index contributed by atoms with van der Waals surface area (Å²) in [4.78, 5) is 4.63. The molecule has 3 aromatic rings. The third kappa shape index (κ3) is 2.88. The molecule has 1 aliphatic carbocycles. The van der Waals surface area contributed by atoms with E-state index in [0.29, 0.717) is 18.3 Å². The van der Waals surface area contributed by atoms with Crippen LogP contribution in [-0.4, -0.2) is 27.0 Å². The van der Waals surface area contributed by atoms with Gasteiger partial charge in [0.1, 0.15) is 0 Å². The number of anilines is 1. The predicted octanol–water partition coefficient (Wildman–Crippen LogP) is 3.05. The molecule has 0 bridgehead atoms. The Balaban J connectivity index is 1.51. The lowest BCUT2D eigenvalue weighted by atomic mass is 9.99. The Morgan fingerprint density at radius 3 is 2.96 bits per heavy atom. The van der Waals surface area contributed by atoms with E-state index in [9.17, 15) is 0 Å². The summed E-state index contributed by atoms with van der Waals surface area (Å²) in [5, 5.41) is 12.6. The van der Waals surface area contributed by atoms with Crippen molar-refractivity contribution in [3.05, 3.63) is 34.8 Å². The van der Waals surface area contributed by atoms with Crippen LogP contribution in [-0.2, 0) is 26.4 Å². The Morgan fingerprint density at radius 2 is 2.17 bits per heavy atom. The lowest BCUT2D eigenvalue weighted by Gasteiger charge is -2.13. The average molecular weight is 329 g/mol. The van der Waals surface area contributed by atoms with Crippen LogP contribution < -0.4 is 4.90 Å². The van der Waals surface area contributed by atoms with Crippen LogP contribution in [0.15, 0.2) is 22.9 Å². The minimum absolute atomic E-state index is 0.573. The van der Waals surface area contributed by atoms with Gasteiger partial charge in [0.05, 0.1) is 23.3 Å². The van der Waals surface area contributed by atoms with Gasteiger partial charge in [0.2, 0.25) is 5.89 Å². The second-order valence-electron chi connectivity index (χ2n) is 6.00. The molecule has 0 spiro atoms. The molecule has 7 heteroatoms. The molecule has 0 amide bonds. The van der Waals surface area contributed by atoms with Crippen LogP contribution in [0.25, 0.3) is 10.8 Å². The highest BCUT2D eigenvalue weighted by atomic mass is 32.1. The van der Waals surface area contributed by atoms with Gasteiger partial charge < -0.3 is 9.32 Å². The summed E-state index contributed by atoms with van der Waals surface area (Å²) in [6.07, 6.45) is 8.72. The molecule has 4 rings (SSSR count). The van der Waals surface area contributed by atoms with Crippen LogP contribution in [0.3, 0.4) is 0 Å². The maximum Gasteiger partial charge on any atom is 0.257 e. The first kappa shape index (κ1) is 14.4. The fraction of sp³-hybridized carbons (Fsp3) is 0.438. The van der Waals surface area contributed by atoms with Crippen molar-refractivity contribution in [3.8, 4) is 10.8 Å². The zero-order valence-corrected chi connectivity index (χ0v) is 14.1. The van der Waals surface area contributed by atoms with E-state index in [1.807, 2.05) is 31.4 Å². The smallest absolute Gasteiger partial charge is 0.257 e. The third-order valence-corrected chi connectivity index (χ3v) is 5.40. The van der Waals surface area contributed by atoms with E-state index in [1.54, 1.807) is 16.0 Å². The maximum absolute atomic E-state index is 5.87. The quantitative estimate of drug-likeness (QED) is 0.736. The largest absolute Gasteiger partial charge is 0.418 e. The van der Waals surface area contributed by atoms with Gasteiger partial charge in [-0.3, -0.25) is 4.68 Å². The summed E-state index contributed by atoms with van der Waals surface area (Å²) in [6, 6.07) is 2.22. The molecule has 0 saturated heterocycles. The van der Waals surface area contributed by atoms with Crippen LogP contribution in [0.2, 0.25) is 0 Å². The van der Waals surface area contributed by atoms with Gasteiger partial charge in [-0.25, -0.2) is 0 Å². The van der Waals surface area contributed by atoms with E-state index in [1.165, 1.54) is 36.1 Å². The number of hydrogen-bond donors (Lipinski definition) is 0. The third-order valence-electron chi connectivity index (χ3n) is 4.18. The molecule has 0 N–H and O–H groups in total. The van der Waals surface area contributed by atoms with Gasteiger partial charge in [0.15, 0.2) is 0 Å². The number of aromatic nitrogens is 4. The van der Waals surface area contributed by atoms with E-state index >= 15 is 0 Å². The summed E-state index contributed by atoms with van der Waals surface area (Å²) in [5.74, 6) is 1.26. The fourth-order valence-electron chi connectivity index (χ4n) is 2.91. The Hall–Kier alpha value is -2.15. The molecule has 3 aromatic heterocycles. The minimum atomic E-state index is 0.573.